The first kappa shape index (κ1) is 28.7. The Labute approximate surface area is 175 Å². The highest BCUT2D eigenvalue weighted by atomic mass is 19.2. The number of rotatable bonds is 8. The van der Waals surface area contributed by atoms with E-state index in [0.29, 0.717) is 24.5 Å². The Hall–Kier alpha value is -3.49. The molecule has 2 rings (SSSR count). The van der Waals surface area contributed by atoms with Crippen LogP contribution in [0, 0.1) is 11.6 Å². The lowest BCUT2D eigenvalue weighted by Gasteiger charge is -2.09. The third-order valence-electron chi connectivity index (χ3n) is 3.21. The van der Waals surface area contributed by atoms with Gasteiger partial charge in [-0.1, -0.05) is 13.8 Å². The SMILES string of the molecule is C=O.C=O.CC.CNc1ccc(OCC(=O)NCCNc2ccc(F)c(F)c2)cc1. The Kier molecular flexibility index (Phi) is 18.0. The van der Waals surface area contributed by atoms with Crippen LogP contribution in [-0.2, 0) is 14.4 Å². The van der Waals surface area contributed by atoms with Crippen LogP contribution in [0.2, 0.25) is 0 Å². The highest BCUT2D eigenvalue weighted by Gasteiger charge is 2.04. The molecule has 0 aliphatic heterocycles. The van der Waals surface area contributed by atoms with E-state index in [0.717, 1.165) is 17.8 Å². The van der Waals surface area contributed by atoms with Gasteiger partial charge in [0.2, 0.25) is 0 Å². The summed E-state index contributed by atoms with van der Waals surface area (Å²) in [6, 6.07) is 10.8. The third-order valence-corrected chi connectivity index (χ3v) is 3.21. The minimum absolute atomic E-state index is 0.0932. The maximum atomic E-state index is 13.0. The summed E-state index contributed by atoms with van der Waals surface area (Å²) in [5.74, 6) is -1.47. The second-order valence-corrected chi connectivity index (χ2v) is 4.97. The molecule has 0 bridgehead atoms. The van der Waals surface area contributed by atoms with E-state index < -0.39 is 11.6 Å². The number of halogens is 2. The van der Waals surface area contributed by atoms with Crippen LogP contribution in [-0.4, -0.2) is 46.2 Å². The molecule has 0 saturated heterocycles. The Morgan fingerprint density at radius 2 is 1.47 bits per heavy atom. The summed E-state index contributed by atoms with van der Waals surface area (Å²) in [6.45, 7) is 8.62. The third kappa shape index (κ3) is 12.1. The standard InChI is InChI=1S/C17H19F2N3O2.C2H6.2CH2O/c1-20-12-2-5-14(6-3-12)24-11-17(23)22-9-8-21-13-4-7-15(18)16(19)10-13;3*1-2/h2-7,10,20-21H,8-9,11H2,1H3,(H,22,23);1-2H3;2*1H2. The largest absolute Gasteiger partial charge is 0.484 e. The average molecular weight is 425 g/mol. The summed E-state index contributed by atoms with van der Waals surface area (Å²) in [7, 11) is 1.82. The van der Waals surface area contributed by atoms with Gasteiger partial charge in [-0.25, -0.2) is 8.78 Å². The van der Waals surface area contributed by atoms with E-state index in [1.54, 1.807) is 12.1 Å². The van der Waals surface area contributed by atoms with Gasteiger partial charge in [-0.3, -0.25) is 4.79 Å². The van der Waals surface area contributed by atoms with Crippen molar-refractivity contribution in [3.05, 3.63) is 54.1 Å². The van der Waals surface area contributed by atoms with Crippen molar-refractivity contribution in [1.82, 2.24) is 5.32 Å². The van der Waals surface area contributed by atoms with E-state index in [1.165, 1.54) is 6.07 Å². The van der Waals surface area contributed by atoms with Crippen LogP contribution in [0.3, 0.4) is 0 Å². The van der Waals surface area contributed by atoms with Crippen molar-refractivity contribution >= 4 is 30.9 Å². The molecule has 7 nitrogen and oxygen atoms in total. The summed E-state index contributed by atoms with van der Waals surface area (Å²) in [6.07, 6.45) is 0. The predicted octanol–water partition coefficient (Wildman–Crippen LogP) is 3.27. The van der Waals surface area contributed by atoms with Crippen LogP contribution >= 0.6 is 0 Å². The van der Waals surface area contributed by atoms with Crippen LogP contribution in [0.25, 0.3) is 0 Å². The average Bonchev–Trinajstić information content (AvgIpc) is 2.82. The molecule has 0 spiro atoms. The summed E-state index contributed by atoms with van der Waals surface area (Å²) in [5.41, 5.74) is 1.40. The Morgan fingerprint density at radius 3 is 2.00 bits per heavy atom. The topological polar surface area (TPSA) is 96.5 Å². The van der Waals surface area contributed by atoms with E-state index in [1.807, 2.05) is 46.6 Å². The number of hydrogen-bond acceptors (Lipinski definition) is 6. The Bertz CT molecular complexity index is 714. The van der Waals surface area contributed by atoms with Gasteiger partial charge in [0.1, 0.15) is 19.3 Å². The van der Waals surface area contributed by atoms with Gasteiger partial charge in [0.05, 0.1) is 0 Å². The van der Waals surface area contributed by atoms with E-state index in [2.05, 4.69) is 16.0 Å². The molecule has 30 heavy (non-hydrogen) atoms. The van der Waals surface area contributed by atoms with Crippen molar-refractivity contribution in [3.8, 4) is 5.75 Å². The molecule has 9 heteroatoms. The van der Waals surface area contributed by atoms with Crippen molar-refractivity contribution in [3.63, 3.8) is 0 Å². The number of hydrogen-bond donors (Lipinski definition) is 3. The number of carbonyl (C=O) groups is 3. The molecular formula is C21H29F2N3O4. The highest BCUT2D eigenvalue weighted by Crippen LogP contribution is 2.15. The molecule has 0 aliphatic rings. The molecule has 0 heterocycles. The van der Waals surface area contributed by atoms with E-state index in [-0.39, 0.29) is 12.5 Å². The first-order valence-corrected chi connectivity index (χ1v) is 9.02. The summed E-state index contributed by atoms with van der Waals surface area (Å²) < 4.78 is 31.2. The maximum absolute atomic E-state index is 13.0. The molecule has 0 fully saturated rings. The Balaban J connectivity index is 0. The first-order chi connectivity index (χ1) is 14.6. The fraction of sp³-hybridized carbons (Fsp3) is 0.286. The molecule has 2 aromatic carbocycles. The predicted molar refractivity (Wildman–Crippen MR) is 115 cm³/mol. The van der Waals surface area contributed by atoms with E-state index >= 15 is 0 Å². The van der Waals surface area contributed by atoms with Gasteiger partial charge < -0.3 is 30.3 Å². The molecule has 0 aromatic heterocycles. The van der Waals surface area contributed by atoms with Gasteiger partial charge in [-0.05, 0) is 42.5 Å². The zero-order valence-electron chi connectivity index (χ0n) is 17.5. The summed E-state index contributed by atoms with van der Waals surface area (Å²) >= 11 is 0. The summed E-state index contributed by atoms with van der Waals surface area (Å²) in [4.78, 5) is 27.7. The van der Waals surface area contributed by atoms with Crippen LogP contribution in [0.15, 0.2) is 42.5 Å². The lowest BCUT2D eigenvalue weighted by molar-refractivity contribution is -0.123. The molecule has 1 amide bonds. The zero-order valence-corrected chi connectivity index (χ0v) is 17.5. The number of carbonyl (C=O) groups excluding carboxylic acids is 3. The molecule has 0 aliphatic carbocycles. The van der Waals surface area contributed by atoms with Crippen molar-refractivity contribution < 1.29 is 27.9 Å². The van der Waals surface area contributed by atoms with Gasteiger partial charge in [0.15, 0.2) is 18.2 Å². The lowest BCUT2D eigenvalue weighted by atomic mass is 10.3. The minimum atomic E-state index is -0.915. The maximum Gasteiger partial charge on any atom is 0.258 e. The van der Waals surface area contributed by atoms with Crippen LogP contribution in [0.4, 0.5) is 20.2 Å². The fourth-order valence-electron chi connectivity index (χ4n) is 1.93. The van der Waals surface area contributed by atoms with Gasteiger partial charge in [0.25, 0.3) is 5.91 Å². The number of nitrogens with one attached hydrogen (secondary N) is 3. The van der Waals surface area contributed by atoms with Crippen molar-refractivity contribution in [1.29, 1.82) is 0 Å². The second-order valence-electron chi connectivity index (χ2n) is 4.97. The molecule has 0 unspecified atom stereocenters. The first-order valence-electron chi connectivity index (χ1n) is 9.02. The monoisotopic (exact) mass is 425 g/mol. The number of anilines is 2. The van der Waals surface area contributed by atoms with Crippen LogP contribution in [0.1, 0.15) is 13.8 Å². The van der Waals surface area contributed by atoms with Crippen LogP contribution in [0.5, 0.6) is 5.75 Å². The molecule has 3 N–H and O–H groups in total. The van der Waals surface area contributed by atoms with Crippen LogP contribution < -0.4 is 20.7 Å². The molecule has 0 atom stereocenters. The molecule has 2 aromatic rings. The number of benzene rings is 2. The highest BCUT2D eigenvalue weighted by molar-refractivity contribution is 5.77. The normalized spacial score (nSPS) is 8.57. The lowest BCUT2D eigenvalue weighted by Crippen LogP contribution is -2.32. The van der Waals surface area contributed by atoms with Gasteiger partial charge in [-0.15, -0.1) is 0 Å². The molecular weight excluding hydrogens is 396 g/mol. The Morgan fingerprint density at radius 1 is 0.900 bits per heavy atom. The second kappa shape index (κ2) is 18.9. The summed E-state index contributed by atoms with van der Waals surface area (Å²) in [5, 5.41) is 8.54. The van der Waals surface area contributed by atoms with Gasteiger partial charge >= 0.3 is 0 Å². The van der Waals surface area contributed by atoms with E-state index in [4.69, 9.17) is 14.3 Å². The zero-order chi connectivity index (χ0) is 23.4. The van der Waals surface area contributed by atoms with Crippen molar-refractivity contribution in [2.45, 2.75) is 13.8 Å². The smallest absolute Gasteiger partial charge is 0.258 e. The number of amides is 1. The molecule has 166 valence electrons. The quantitative estimate of drug-likeness (QED) is 0.562. The van der Waals surface area contributed by atoms with Crippen molar-refractivity contribution in [2.24, 2.45) is 0 Å². The van der Waals surface area contributed by atoms with Crippen molar-refractivity contribution in [2.75, 3.05) is 37.4 Å². The number of ether oxygens (including phenoxy) is 1. The molecule has 0 radical (unpaired) electrons. The molecule has 0 saturated carbocycles. The minimum Gasteiger partial charge on any atom is -0.484 e. The fourth-order valence-corrected chi connectivity index (χ4v) is 1.93. The van der Waals surface area contributed by atoms with Gasteiger partial charge in [0, 0.05) is 31.5 Å². The van der Waals surface area contributed by atoms with Gasteiger partial charge in [-0.2, -0.15) is 0 Å². The van der Waals surface area contributed by atoms with E-state index in [9.17, 15) is 13.6 Å².